The van der Waals surface area contributed by atoms with E-state index in [9.17, 15) is 4.79 Å². The Hall–Kier alpha value is -3.20. The fourth-order valence-electron chi connectivity index (χ4n) is 4.57. The number of carbonyl (C=O) groups is 1. The number of aromatic nitrogens is 4. The predicted octanol–water partition coefficient (Wildman–Crippen LogP) is 5.24. The molecule has 0 saturated carbocycles. The van der Waals surface area contributed by atoms with Gasteiger partial charge in [-0.3, -0.25) is 9.48 Å². The van der Waals surface area contributed by atoms with E-state index in [-0.39, 0.29) is 5.91 Å². The first-order valence-electron chi connectivity index (χ1n) is 12.2. The number of amides is 1. The molecule has 0 radical (unpaired) electrons. The maximum absolute atomic E-state index is 13.8. The van der Waals surface area contributed by atoms with E-state index in [4.69, 9.17) is 37.9 Å². The van der Waals surface area contributed by atoms with Crippen LogP contribution in [0.3, 0.4) is 0 Å². The van der Waals surface area contributed by atoms with Crippen molar-refractivity contribution >= 4 is 45.7 Å². The summed E-state index contributed by atoms with van der Waals surface area (Å²) >= 11 is 13.0. The van der Waals surface area contributed by atoms with Crippen LogP contribution in [0.1, 0.15) is 28.7 Å². The second-order valence-electron chi connectivity index (χ2n) is 9.06. The lowest BCUT2D eigenvalue weighted by molar-refractivity contribution is 0.0781. The SMILES string of the molecule is CCn1ncc(CN(C)C(=O)c2nc(-c3cccc(Cl)c3)nc3cc(N4CCOCC4)c(Cl)cc23)c1C. The van der Waals surface area contributed by atoms with E-state index in [0.717, 1.165) is 42.1 Å². The number of morpholine rings is 1. The molecule has 0 unspecified atom stereocenters. The minimum atomic E-state index is -0.227. The molecule has 1 saturated heterocycles. The largest absolute Gasteiger partial charge is 0.378 e. The third kappa shape index (κ3) is 5.14. The molecule has 1 fully saturated rings. The number of fused-ring (bicyclic) bond motifs is 1. The molecule has 0 spiro atoms. The zero-order chi connectivity index (χ0) is 26.1. The van der Waals surface area contributed by atoms with Crippen LogP contribution in [0.15, 0.2) is 42.6 Å². The molecule has 8 nitrogen and oxygen atoms in total. The number of ether oxygens (including phenoxy) is 1. The van der Waals surface area contributed by atoms with Gasteiger partial charge in [-0.2, -0.15) is 5.10 Å². The topological polar surface area (TPSA) is 76.4 Å². The molecule has 5 rings (SSSR count). The summed E-state index contributed by atoms with van der Waals surface area (Å²) in [6.45, 7) is 7.96. The van der Waals surface area contributed by atoms with Crippen LogP contribution in [-0.2, 0) is 17.8 Å². The number of benzene rings is 2. The number of hydrogen-bond acceptors (Lipinski definition) is 6. The highest BCUT2D eigenvalue weighted by atomic mass is 35.5. The van der Waals surface area contributed by atoms with E-state index in [1.807, 2.05) is 42.9 Å². The quantitative estimate of drug-likeness (QED) is 0.334. The Bertz CT molecular complexity index is 1470. The molecule has 0 N–H and O–H groups in total. The van der Waals surface area contributed by atoms with Gasteiger partial charge in [-0.05, 0) is 38.1 Å². The second kappa shape index (κ2) is 10.7. The molecule has 2 aromatic heterocycles. The summed E-state index contributed by atoms with van der Waals surface area (Å²) < 4.78 is 7.42. The number of halogens is 2. The van der Waals surface area contributed by atoms with Gasteiger partial charge in [0.2, 0.25) is 0 Å². The zero-order valence-corrected chi connectivity index (χ0v) is 22.6. The molecule has 10 heteroatoms. The molecule has 0 aliphatic carbocycles. The molecule has 192 valence electrons. The van der Waals surface area contributed by atoms with Crippen molar-refractivity contribution in [3.8, 4) is 11.4 Å². The fourth-order valence-corrected chi connectivity index (χ4v) is 5.05. The summed E-state index contributed by atoms with van der Waals surface area (Å²) in [5, 5.41) is 6.12. The van der Waals surface area contributed by atoms with Crippen LogP contribution in [-0.4, -0.2) is 63.9 Å². The highest BCUT2D eigenvalue weighted by Crippen LogP contribution is 2.34. The van der Waals surface area contributed by atoms with Gasteiger partial charge in [0.05, 0.1) is 35.6 Å². The van der Waals surface area contributed by atoms with Crippen LogP contribution < -0.4 is 4.90 Å². The Labute approximate surface area is 225 Å². The van der Waals surface area contributed by atoms with E-state index in [0.29, 0.717) is 52.2 Å². The minimum Gasteiger partial charge on any atom is -0.378 e. The third-order valence-corrected chi connectivity index (χ3v) is 7.20. The third-order valence-electron chi connectivity index (χ3n) is 6.66. The molecule has 4 aromatic rings. The van der Waals surface area contributed by atoms with E-state index in [2.05, 4.69) is 10.00 Å². The molecule has 0 atom stereocenters. The number of nitrogens with zero attached hydrogens (tertiary/aromatic N) is 6. The lowest BCUT2D eigenvalue weighted by Gasteiger charge is -2.30. The van der Waals surface area contributed by atoms with Crippen LogP contribution in [0.25, 0.3) is 22.3 Å². The van der Waals surface area contributed by atoms with Crippen molar-refractivity contribution in [2.75, 3.05) is 38.3 Å². The summed E-state index contributed by atoms with van der Waals surface area (Å²) in [5.74, 6) is 0.200. The molecular weight excluding hydrogens is 511 g/mol. The average Bonchev–Trinajstić information content (AvgIpc) is 3.26. The highest BCUT2D eigenvalue weighted by molar-refractivity contribution is 6.34. The smallest absolute Gasteiger partial charge is 0.273 e. The van der Waals surface area contributed by atoms with Gasteiger partial charge in [0.15, 0.2) is 5.82 Å². The van der Waals surface area contributed by atoms with Crippen LogP contribution in [0.5, 0.6) is 0 Å². The normalized spacial score (nSPS) is 13.8. The lowest BCUT2D eigenvalue weighted by Crippen LogP contribution is -2.36. The number of rotatable bonds is 6. The molecule has 1 aliphatic rings. The van der Waals surface area contributed by atoms with Crippen molar-refractivity contribution < 1.29 is 9.53 Å². The van der Waals surface area contributed by atoms with Gasteiger partial charge in [-0.25, -0.2) is 9.97 Å². The first-order chi connectivity index (χ1) is 17.9. The van der Waals surface area contributed by atoms with Crippen molar-refractivity contribution in [1.82, 2.24) is 24.6 Å². The molecule has 1 aliphatic heterocycles. The van der Waals surface area contributed by atoms with Gasteiger partial charge in [-0.15, -0.1) is 0 Å². The maximum atomic E-state index is 13.8. The summed E-state index contributed by atoms with van der Waals surface area (Å²) in [4.78, 5) is 27.2. The second-order valence-corrected chi connectivity index (χ2v) is 9.90. The molecule has 37 heavy (non-hydrogen) atoms. The van der Waals surface area contributed by atoms with Crippen molar-refractivity contribution in [1.29, 1.82) is 0 Å². The molecule has 2 aromatic carbocycles. The van der Waals surface area contributed by atoms with E-state index in [1.165, 1.54) is 0 Å². The number of hydrogen-bond donors (Lipinski definition) is 0. The van der Waals surface area contributed by atoms with Gasteiger partial charge < -0.3 is 14.5 Å². The monoisotopic (exact) mass is 538 g/mol. The molecule has 3 heterocycles. The Morgan fingerprint density at radius 3 is 2.62 bits per heavy atom. The summed E-state index contributed by atoms with van der Waals surface area (Å²) in [5.41, 5.74) is 4.55. The highest BCUT2D eigenvalue weighted by Gasteiger charge is 2.23. The molecule has 0 bridgehead atoms. The first-order valence-corrected chi connectivity index (χ1v) is 13.0. The Kier molecular flexibility index (Phi) is 7.33. The van der Waals surface area contributed by atoms with Crippen molar-refractivity contribution in [3.05, 3.63) is 69.6 Å². The zero-order valence-electron chi connectivity index (χ0n) is 21.0. The molecular formula is C27H28Cl2N6O2. The van der Waals surface area contributed by atoms with E-state index < -0.39 is 0 Å². The molecule has 1 amide bonds. The lowest BCUT2D eigenvalue weighted by atomic mass is 10.1. The van der Waals surface area contributed by atoms with Gasteiger partial charge in [0.1, 0.15) is 5.69 Å². The number of anilines is 1. The minimum absolute atomic E-state index is 0.227. The van der Waals surface area contributed by atoms with Crippen molar-refractivity contribution in [3.63, 3.8) is 0 Å². The van der Waals surface area contributed by atoms with E-state index in [1.54, 1.807) is 30.1 Å². The van der Waals surface area contributed by atoms with Crippen LogP contribution >= 0.6 is 23.2 Å². The standard InChI is InChI=1S/C27H28Cl2N6O2/c1-4-35-17(2)19(15-30-35)16-33(3)27(36)25-21-13-22(29)24(34-8-10-37-11-9-34)14-23(21)31-26(32-25)18-6-5-7-20(28)12-18/h5-7,12-15H,4,8-11,16H2,1-3H3. The fraction of sp³-hybridized carbons (Fsp3) is 0.333. The summed E-state index contributed by atoms with van der Waals surface area (Å²) in [6.07, 6.45) is 1.81. The van der Waals surface area contributed by atoms with Crippen molar-refractivity contribution in [2.45, 2.75) is 26.9 Å². The van der Waals surface area contributed by atoms with Gasteiger partial charge in [0.25, 0.3) is 5.91 Å². The first kappa shape index (κ1) is 25.4. The van der Waals surface area contributed by atoms with Crippen molar-refractivity contribution in [2.24, 2.45) is 0 Å². The Balaban J connectivity index is 1.60. The van der Waals surface area contributed by atoms with Gasteiger partial charge >= 0.3 is 0 Å². The van der Waals surface area contributed by atoms with Gasteiger partial charge in [0, 0.05) is 60.5 Å². The van der Waals surface area contributed by atoms with Gasteiger partial charge in [-0.1, -0.05) is 35.3 Å². The maximum Gasteiger partial charge on any atom is 0.273 e. The predicted molar refractivity (Wildman–Crippen MR) is 146 cm³/mol. The number of aryl methyl sites for hydroxylation is 1. The summed E-state index contributed by atoms with van der Waals surface area (Å²) in [7, 11) is 1.77. The van der Waals surface area contributed by atoms with E-state index >= 15 is 0 Å². The Morgan fingerprint density at radius 1 is 1.14 bits per heavy atom. The average molecular weight is 539 g/mol. The number of carbonyl (C=O) groups excluding carboxylic acids is 1. The van der Waals surface area contributed by atoms with Crippen LogP contribution in [0.2, 0.25) is 10.0 Å². The van der Waals surface area contributed by atoms with Crippen LogP contribution in [0.4, 0.5) is 5.69 Å². The summed E-state index contributed by atoms with van der Waals surface area (Å²) in [6, 6.07) is 11.0. The Morgan fingerprint density at radius 2 is 1.92 bits per heavy atom. The van der Waals surface area contributed by atoms with Crippen LogP contribution in [0, 0.1) is 6.92 Å².